The number of carbonyl (C=O) groups excluding carboxylic acids is 1. The Morgan fingerprint density at radius 2 is 2.37 bits per heavy atom. The SMILES string of the molecule is COc1cc(-c2cccs2)cc2c1OCCN(C(=O)CCc1cn[nH]c1)C2. The summed E-state index contributed by atoms with van der Waals surface area (Å²) in [5.41, 5.74) is 3.10. The van der Waals surface area contributed by atoms with Crippen molar-refractivity contribution in [3.8, 4) is 21.9 Å². The number of methoxy groups -OCH3 is 1. The van der Waals surface area contributed by atoms with E-state index >= 15 is 0 Å². The number of hydrogen-bond acceptors (Lipinski definition) is 5. The van der Waals surface area contributed by atoms with Gasteiger partial charge in [0.15, 0.2) is 11.5 Å². The predicted molar refractivity (Wildman–Crippen MR) is 104 cm³/mol. The Labute approximate surface area is 161 Å². The van der Waals surface area contributed by atoms with Crippen molar-refractivity contribution in [2.45, 2.75) is 19.4 Å². The molecule has 0 aliphatic carbocycles. The van der Waals surface area contributed by atoms with Crippen LogP contribution in [-0.2, 0) is 17.8 Å². The lowest BCUT2D eigenvalue weighted by atomic mass is 10.1. The number of H-pyrrole nitrogens is 1. The van der Waals surface area contributed by atoms with E-state index in [1.165, 1.54) is 0 Å². The van der Waals surface area contributed by atoms with Crippen molar-refractivity contribution in [2.24, 2.45) is 0 Å². The van der Waals surface area contributed by atoms with E-state index in [4.69, 9.17) is 9.47 Å². The van der Waals surface area contributed by atoms with Crippen LogP contribution < -0.4 is 9.47 Å². The van der Waals surface area contributed by atoms with Crippen LogP contribution in [-0.4, -0.2) is 41.3 Å². The first-order chi connectivity index (χ1) is 13.2. The number of fused-ring (bicyclic) bond motifs is 1. The predicted octanol–water partition coefficient (Wildman–Crippen LogP) is 3.50. The first kappa shape index (κ1) is 17.6. The van der Waals surface area contributed by atoms with E-state index in [-0.39, 0.29) is 5.91 Å². The second kappa shape index (κ2) is 7.84. The van der Waals surface area contributed by atoms with Gasteiger partial charge >= 0.3 is 0 Å². The number of aromatic nitrogens is 2. The molecule has 0 bridgehead atoms. The first-order valence-corrected chi connectivity index (χ1v) is 9.75. The Kier molecular flexibility index (Phi) is 5.11. The van der Waals surface area contributed by atoms with Crippen molar-refractivity contribution < 1.29 is 14.3 Å². The third-order valence-corrected chi connectivity index (χ3v) is 5.58. The van der Waals surface area contributed by atoms with Crippen LogP contribution in [0.5, 0.6) is 11.5 Å². The fourth-order valence-electron chi connectivity index (χ4n) is 3.26. The molecule has 0 radical (unpaired) electrons. The topological polar surface area (TPSA) is 67.5 Å². The Morgan fingerprint density at radius 3 is 3.11 bits per heavy atom. The summed E-state index contributed by atoms with van der Waals surface area (Å²) in [7, 11) is 1.65. The number of hydrogen-bond donors (Lipinski definition) is 1. The smallest absolute Gasteiger partial charge is 0.223 e. The molecule has 0 saturated carbocycles. The number of nitrogens with zero attached hydrogens (tertiary/aromatic N) is 2. The lowest BCUT2D eigenvalue weighted by Gasteiger charge is -2.20. The van der Waals surface area contributed by atoms with Crippen LogP contribution in [0.1, 0.15) is 17.5 Å². The molecule has 140 valence electrons. The second-order valence-corrected chi connectivity index (χ2v) is 7.36. The van der Waals surface area contributed by atoms with Crippen LogP contribution in [0, 0.1) is 0 Å². The third-order valence-electron chi connectivity index (χ3n) is 4.66. The maximum atomic E-state index is 12.7. The van der Waals surface area contributed by atoms with E-state index < -0.39 is 0 Å². The number of aromatic amines is 1. The molecular weight excluding hydrogens is 362 g/mol. The van der Waals surface area contributed by atoms with Crippen molar-refractivity contribution in [3.63, 3.8) is 0 Å². The van der Waals surface area contributed by atoms with Gasteiger partial charge in [0.05, 0.1) is 19.9 Å². The quantitative estimate of drug-likeness (QED) is 0.732. The molecule has 1 aromatic carbocycles. The van der Waals surface area contributed by atoms with Crippen molar-refractivity contribution in [1.82, 2.24) is 15.1 Å². The summed E-state index contributed by atoms with van der Waals surface area (Å²) in [5.74, 6) is 1.57. The standard InChI is InChI=1S/C20H21N3O3S/c1-25-17-10-15(18-3-2-8-27-18)9-16-13-23(6-7-26-20(16)17)19(24)5-4-14-11-21-22-12-14/h2-3,8-12H,4-7,13H2,1H3,(H,21,22). The average Bonchev–Trinajstić information content (AvgIpc) is 3.36. The summed E-state index contributed by atoms with van der Waals surface area (Å²) in [6.07, 6.45) is 4.72. The third kappa shape index (κ3) is 3.83. The molecule has 0 spiro atoms. The van der Waals surface area contributed by atoms with Crippen molar-refractivity contribution >= 4 is 17.2 Å². The monoisotopic (exact) mass is 383 g/mol. The van der Waals surface area contributed by atoms with Crippen molar-refractivity contribution in [3.05, 3.63) is 53.2 Å². The number of thiophene rings is 1. The van der Waals surface area contributed by atoms with Crippen LogP contribution in [0.2, 0.25) is 0 Å². The van der Waals surface area contributed by atoms with Gasteiger partial charge in [0.2, 0.25) is 5.91 Å². The minimum atomic E-state index is 0.119. The van der Waals surface area contributed by atoms with Gasteiger partial charge < -0.3 is 14.4 Å². The summed E-state index contributed by atoms with van der Waals surface area (Å²) in [5, 5.41) is 8.76. The van der Waals surface area contributed by atoms with E-state index in [0.29, 0.717) is 38.3 Å². The number of benzene rings is 1. The van der Waals surface area contributed by atoms with Crippen LogP contribution in [0.25, 0.3) is 10.4 Å². The molecule has 1 aliphatic rings. The number of amides is 1. The zero-order valence-electron chi connectivity index (χ0n) is 15.1. The molecule has 0 saturated heterocycles. The molecule has 3 aromatic rings. The van der Waals surface area contributed by atoms with E-state index in [9.17, 15) is 4.79 Å². The second-order valence-electron chi connectivity index (χ2n) is 6.41. The highest BCUT2D eigenvalue weighted by Crippen LogP contribution is 2.39. The van der Waals surface area contributed by atoms with Gasteiger partial charge in [-0.05, 0) is 41.1 Å². The van der Waals surface area contributed by atoms with E-state index in [1.807, 2.05) is 23.2 Å². The van der Waals surface area contributed by atoms with Gasteiger partial charge in [-0.15, -0.1) is 11.3 Å². The average molecular weight is 383 g/mol. The minimum absolute atomic E-state index is 0.119. The van der Waals surface area contributed by atoms with E-state index in [0.717, 1.165) is 27.3 Å². The minimum Gasteiger partial charge on any atom is -0.493 e. The van der Waals surface area contributed by atoms with Crippen molar-refractivity contribution in [1.29, 1.82) is 0 Å². The van der Waals surface area contributed by atoms with Crippen LogP contribution in [0.15, 0.2) is 42.0 Å². The zero-order valence-corrected chi connectivity index (χ0v) is 15.9. The maximum absolute atomic E-state index is 12.7. The normalized spacial score (nSPS) is 13.6. The van der Waals surface area contributed by atoms with Crippen LogP contribution in [0.3, 0.4) is 0 Å². The van der Waals surface area contributed by atoms with Gasteiger partial charge in [0.25, 0.3) is 0 Å². The molecule has 1 aliphatic heterocycles. The largest absolute Gasteiger partial charge is 0.493 e. The molecule has 3 heterocycles. The summed E-state index contributed by atoms with van der Waals surface area (Å²) >= 11 is 1.68. The van der Waals surface area contributed by atoms with Gasteiger partial charge in [-0.3, -0.25) is 9.89 Å². The Balaban J connectivity index is 1.57. The maximum Gasteiger partial charge on any atom is 0.223 e. The molecular formula is C20H21N3O3S. The fraction of sp³-hybridized carbons (Fsp3) is 0.300. The summed E-state index contributed by atoms with van der Waals surface area (Å²) < 4.78 is 11.5. The van der Waals surface area contributed by atoms with Gasteiger partial charge in [-0.1, -0.05) is 6.07 Å². The summed E-state index contributed by atoms with van der Waals surface area (Å²) in [4.78, 5) is 15.8. The molecule has 27 heavy (non-hydrogen) atoms. The van der Waals surface area contributed by atoms with Crippen molar-refractivity contribution in [2.75, 3.05) is 20.3 Å². The zero-order chi connectivity index (χ0) is 18.6. The molecule has 2 aromatic heterocycles. The highest BCUT2D eigenvalue weighted by molar-refractivity contribution is 7.13. The molecule has 1 amide bonds. The number of ether oxygens (including phenoxy) is 2. The molecule has 4 rings (SSSR count). The number of rotatable bonds is 5. The highest BCUT2D eigenvalue weighted by Gasteiger charge is 2.23. The fourth-order valence-corrected chi connectivity index (χ4v) is 3.97. The molecule has 0 unspecified atom stereocenters. The molecule has 7 heteroatoms. The van der Waals surface area contributed by atoms with E-state index in [1.54, 1.807) is 24.6 Å². The van der Waals surface area contributed by atoms with Crippen LogP contribution >= 0.6 is 11.3 Å². The Bertz CT molecular complexity index is 907. The van der Waals surface area contributed by atoms with Gasteiger partial charge in [0, 0.05) is 29.6 Å². The first-order valence-electron chi connectivity index (χ1n) is 8.87. The molecule has 6 nitrogen and oxygen atoms in total. The Morgan fingerprint density at radius 1 is 1.44 bits per heavy atom. The van der Waals surface area contributed by atoms with Crippen LogP contribution in [0.4, 0.5) is 0 Å². The Hall–Kier alpha value is -2.80. The lowest BCUT2D eigenvalue weighted by molar-refractivity contribution is -0.131. The van der Waals surface area contributed by atoms with Gasteiger partial charge in [-0.25, -0.2) is 0 Å². The number of carbonyl (C=O) groups is 1. The van der Waals surface area contributed by atoms with Gasteiger partial charge in [0.1, 0.15) is 6.61 Å². The summed E-state index contributed by atoms with van der Waals surface area (Å²) in [6.45, 7) is 1.55. The molecule has 0 fully saturated rings. The molecule has 0 atom stereocenters. The van der Waals surface area contributed by atoms with E-state index in [2.05, 4.69) is 27.7 Å². The van der Waals surface area contributed by atoms with Gasteiger partial charge in [-0.2, -0.15) is 5.10 Å². The number of aryl methyl sites for hydroxylation is 1. The molecule has 1 N–H and O–H groups in total. The highest BCUT2D eigenvalue weighted by atomic mass is 32.1. The lowest BCUT2D eigenvalue weighted by Crippen LogP contribution is -2.32. The number of nitrogens with one attached hydrogen (secondary N) is 1. The summed E-state index contributed by atoms with van der Waals surface area (Å²) in [6, 6.07) is 8.21.